The molecule has 122 valence electrons. The van der Waals surface area contributed by atoms with Crippen LogP contribution in [0.15, 0.2) is 24.6 Å². The van der Waals surface area contributed by atoms with Crippen LogP contribution in [0, 0.1) is 0 Å². The van der Waals surface area contributed by atoms with Crippen molar-refractivity contribution >= 4 is 0 Å². The summed E-state index contributed by atoms with van der Waals surface area (Å²) in [5.41, 5.74) is 5.62. The Morgan fingerprint density at radius 2 is 1.76 bits per heavy atom. The third-order valence-corrected chi connectivity index (χ3v) is 4.08. The maximum absolute atomic E-state index is 5.62. The lowest BCUT2D eigenvalue weighted by atomic mass is 10.1. The summed E-state index contributed by atoms with van der Waals surface area (Å²) in [5, 5.41) is 3.40. The second kappa shape index (κ2) is 12.8. The van der Waals surface area contributed by atoms with Gasteiger partial charge in [-0.1, -0.05) is 44.8 Å². The lowest BCUT2D eigenvalue weighted by molar-refractivity contribution is 0.265. The summed E-state index contributed by atoms with van der Waals surface area (Å²) in [4.78, 5) is 2.31. The number of nitrogens with two attached hydrogens (primary N) is 1. The Labute approximate surface area is 131 Å². The Bertz CT molecular complexity index is 286. The SMILES string of the molecule is CCCCCCC/C=C/CCCCC1NC=CN1CCN. The van der Waals surface area contributed by atoms with E-state index in [1.165, 1.54) is 64.2 Å². The van der Waals surface area contributed by atoms with E-state index in [4.69, 9.17) is 5.73 Å². The molecule has 0 saturated carbocycles. The molecule has 0 radical (unpaired) electrons. The van der Waals surface area contributed by atoms with Crippen molar-refractivity contribution in [3.05, 3.63) is 24.6 Å². The molecule has 1 heterocycles. The summed E-state index contributed by atoms with van der Waals surface area (Å²) < 4.78 is 0. The maximum Gasteiger partial charge on any atom is 0.0981 e. The van der Waals surface area contributed by atoms with Crippen molar-refractivity contribution in [2.45, 2.75) is 77.3 Å². The predicted octanol–water partition coefficient (Wildman–Crippen LogP) is 4.12. The Morgan fingerprint density at radius 1 is 1.05 bits per heavy atom. The smallest absolute Gasteiger partial charge is 0.0981 e. The van der Waals surface area contributed by atoms with E-state index in [2.05, 4.69) is 35.5 Å². The third-order valence-electron chi connectivity index (χ3n) is 4.08. The van der Waals surface area contributed by atoms with Gasteiger partial charge in [0, 0.05) is 25.5 Å². The molecule has 0 aromatic heterocycles. The molecule has 3 N–H and O–H groups in total. The minimum atomic E-state index is 0.469. The van der Waals surface area contributed by atoms with Gasteiger partial charge in [0.2, 0.25) is 0 Å². The van der Waals surface area contributed by atoms with Gasteiger partial charge in [0.15, 0.2) is 0 Å². The van der Waals surface area contributed by atoms with Crippen LogP contribution in [0.25, 0.3) is 0 Å². The number of unbranched alkanes of at least 4 members (excludes halogenated alkanes) is 7. The zero-order valence-electron chi connectivity index (χ0n) is 13.9. The Morgan fingerprint density at radius 3 is 2.48 bits per heavy atom. The molecular weight excluding hydrogens is 258 g/mol. The minimum absolute atomic E-state index is 0.469. The van der Waals surface area contributed by atoms with E-state index < -0.39 is 0 Å². The van der Waals surface area contributed by atoms with Crippen molar-refractivity contribution in [1.29, 1.82) is 0 Å². The van der Waals surface area contributed by atoms with Gasteiger partial charge in [0.05, 0.1) is 6.17 Å². The number of allylic oxidation sites excluding steroid dienone is 2. The minimum Gasteiger partial charge on any atom is -0.370 e. The highest BCUT2D eigenvalue weighted by atomic mass is 15.3. The van der Waals surface area contributed by atoms with Gasteiger partial charge in [-0.15, -0.1) is 0 Å². The highest BCUT2D eigenvalue weighted by Crippen LogP contribution is 2.12. The van der Waals surface area contributed by atoms with Gasteiger partial charge in [-0.3, -0.25) is 0 Å². The summed E-state index contributed by atoms with van der Waals surface area (Å²) in [7, 11) is 0. The molecule has 0 spiro atoms. The molecule has 0 aliphatic carbocycles. The normalized spacial score (nSPS) is 17.8. The second-order valence-electron chi connectivity index (χ2n) is 5.98. The fraction of sp³-hybridized carbons (Fsp3) is 0.778. The van der Waals surface area contributed by atoms with E-state index in [0.29, 0.717) is 6.17 Å². The molecular formula is C18H35N3. The van der Waals surface area contributed by atoms with E-state index in [9.17, 15) is 0 Å². The van der Waals surface area contributed by atoms with Gasteiger partial charge >= 0.3 is 0 Å². The topological polar surface area (TPSA) is 41.3 Å². The molecule has 1 unspecified atom stereocenters. The average molecular weight is 293 g/mol. The Hall–Kier alpha value is -0.960. The van der Waals surface area contributed by atoms with Crippen molar-refractivity contribution in [3.8, 4) is 0 Å². The average Bonchev–Trinajstić information content (AvgIpc) is 2.92. The van der Waals surface area contributed by atoms with Crippen LogP contribution in [0.4, 0.5) is 0 Å². The summed E-state index contributed by atoms with van der Waals surface area (Å²) in [6.07, 6.45) is 22.6. The highest BCUT2D eigenvalue weighted by molar-refractivity contribution is 4.94. The van der Waals surface area contributed by atoms with Crippen molar-refractivity contribution < 1.29 is 0 Å². The van der Waals surface area contributed by atoms with E-state index in [1.807, 2.05) is 6.20 Å². The molecule has 1 aliphatic heterocycles. The zero-order chi connectivity index (χ0) is 15.2. The first-order valence-corrected chi connectivity index (χ1v) is 8.92. The molecule has 3 nitrogen and oxygen atoms in total. The monoisotopic (exact) mass is 293 g/mol. The summed E-state index contributed by atoms with van der Waals surface area (Å²) in [5.74, 6) is 0. The van der Waals surface area contributed by atoms with Crippen molar-refractivity contribution in [3.63, 3.8) is 0 Å². The molecule has 0 saturated heterocycles. The molecule has 1 rings (SSSR count). The first-order valence-electron chi connectivity index (χ1n) is 8.92. The zero-order valence-corrected chi connectivity index (χ0v) is 13.9. The maximum atomic E-state index is 5.62. The fourth-order valence-corrected chi connectivity index (χ4v) is 2.78. The van der Waals surface area contributed by atoms with Gasteiger partial charge in [0.25, 0.3) is 0 Å². The van der Waals surface area contributed by atoms with E-state index >= 15 is 0 Å². The van der Waals surface area contributed by atoms with E-state index in [1.54, 1.807) is 0 Å². The molecule has 0 bridgehead atoms. The molecule has 0 aromatic carbocycles. The molecule has 1 atom stereocenters. The van der Waals surface area contributed by atoms with Crippen molar-refractivity contribution in [1.82, 2.24) is 10.2 Å². The van der Waals surface area contributed by atoms with E-state index in [0.717, 1.165) is 13.1 Å². The van der Waals surface area contributed by atoms with Gasteiger partial charge in [-0.2, -0.15) is 0 Å². The quantitative estimate of drug-likeness (QED) is 0.396. The second-order valence-corrected chi connectivity index (χ2v) is 5.98. The number of rotatable bonds is 13. The summed E-state index contributed by atoms with van der Waals surface area (Å²) >= 11 is 0. The highest BCUT2D eigenvalue weighted by Gasteiger charge is 2.16. The summed E-state index contributed by atoms with van der Waals surface area (Å²) in [6.45, 7) is 3.95. The van der Waals surface area contributed by atoms with Crippen LogP contribution in [0.5, 0.6) is 0 Å². The van der Waals surface area contributed by atoms with Crippen molar-refractivity contribution in [2.24, 2.45) is 5.73 Å². The van der Waals surface area contributed by atoms with Gasteiger partial charge in [-0.25, -0.2) is 0 Å². The predicted molar refractivity (Wildman–Crippen MR) is 92.8 cm³/mol. The molecule has 1 aliphatic rings. The lowest BCUT2D eigenvalue weighted by Gasteiger charge is -2.24. The standard InChI is InChI=1S/C18H35N3/c1-2-3-4-5-6-7-8-9-10-11-12-13-18-20-15-17-21(18)16-14-19/h8-9,15,17-18,20H,2-7,10-14,16,19H2,1H3/b9-8+. The van der Waals surface area contributed by atoms with Crippen LogP contribution < -0.4 is 11.1 Å². The Balaban J connectivity index is 1.90. The summed E-state index contributed by atoms with van der Waals surface area (Å²) in [6, 6.07) is 0. The fourth-order valence-electron chi connectivity index (χ4n) is 2.78. The number of nitrogens with zero attached hydrogens (tertiary/aromatic N) is 1. The Kier molecular flexibility index (Phi) is 11.0. The van der Waals surface area contributed by atoms with Gasteiger partial charge in [-0.05, 0) is 38.5 Å². The van der Waals surface area contributed by atoms with Crippen LogP contribution in [0.3, 0.4) is 0 Å². The molecule has 21 heavy (non-hydrogen) atoms. The van der Waals surface area contributed by atoms with Crippen molar-refractivity contribution in [2.75, 3.05) is 13.1 Å². The lowest BCUT2D eigenvalue weighted by Crippen LogP contribution is -2.37. The third kappa shape index (κ3) is 8.82. The van der Waals surface area contributed by atoms with Gasteiger partial charge in [0.1, 0.15) is 0 Å². The molecule has 0 fully saturated rings. The first kappa shape index (κ1) is 18.1. The molecule has 0 amide bonds. The van der Waals surface area contributed by atoms with Crippen LogP contribution in [0.1, 0.15) is 71.1 Å². The molecule has 0 aromatic rings. The largest absolute Gasteiger partial charge is 0.370 e. The number of nitrogens with one attached hydrogen (secondary N) is 1. The van der Waals surface area contributed by atoms with Crippen LogP contribution in [0.2, 0.25) is 0 Å². The number of hydrogen-bond donors (Lipinski definition) is 2. The van der Waals surface area contributed by atoms with Crippen LogP contribution >= 0.6 is 0 Å². The van der Waals surface area contributed by atoms with Gasteiger partial charge < -0.3 is 16.0 Å². The van der Waals surface area contributed by atoms with Crippen LogP contribution in [-0.4, -0.2) is 24.2 Å². The van der Waals surface area contributed by atoms with Crippen LogP contribution in [-0.2, 0) is 0 Å². The van der Waals surface area contributed by atoms with E-state index in [-0.39, 0.29) is 0 Å². The first-order chi connectivity index (χ1) is 10.4. The number of hydrogen-bond acceptors (Lipinski definition) is 3. The molecule has 3 heteroatoms.